The molecular weight excluding hydrogens is 242 g/mol. The van der Waals surface area contributed by atoms with E-state index in [1.807, 2.05) is 0 Å². The second-order valence-electron chi connectivity index (χ2n) is 3.33. The fraction of sp³-hybridized carbons (Fsp3) is 0. The number of hydrogen-bond donors (Lipinski definition) is 1. The Morgan fingerprint density at radius 3 is 2.76 bits per heavy atom. The predicted octanol–water partition coefficient (Wildman–Crippen LogP) is 1.44. The number of nitrogens with zero attached hydrogens (tertiary/aromatic N) is 2. The molecule has 0 spiro atoms. The molecule has 0 fully saturated rings. The Morgan fingerprint density at radius 1 is 1.41 bits per heavy atom. The normalized spacial score (nSPS) is 10.2. The van der Waals surface area contributed by atoms with E-state index in [9.17, 15) is 9.59 Å². The molecule has 0 aliphatic heterocycles. The molecule has 0 unspecified atom stereocenters. The van der Waals surface area contributed by atoms with Crippen molar-refractivity contribution < 1.29 is 9.59 Å². The number of carbonyl (C=O) groups excluding carboxylic acids is 2. The Morgan fingerprint density at radius 2 is 2.18 bits per heavy atom. The van der Waals surface area contributed by atoms with Crippen LogP contribution in [0.5, 0.6) is 0 Å². The van der Waals surface area contributed by atoms with Crippen LogP contribution in [-0.4, -0.2) is 22.0 Å². The molecule has 2 aromatic rings. The molecule has 6 heteroatoms. The smallest absolute Gasteiger partial charge is 0.269 e. The highest BCUT2D eigenvalue weighted by Crippen LogP contribution is 2.18. The monoisotopic (exact) mass is 249 g/mol. The van der Waals surface area contributed by atoms with Crippen LogP contribution in [0.4, 0.5) is 0 Å². The maximum Gasteiger partial charge on any atom is 0.269 e. The Kier molecular flexibility index (Phi) is 2.93. The molecule has 0 atom stereocenters. The third-order valence-electron chi connectivity index (χ3n) is 2.21. The lowest BCUT2D eigenvalue weighted by atomic mass is 10.2. The number of hydrogen-bond acceptors (Lipinski definition) is 3. The number of aldehydes is 1. The highest BCUT2D eigenvalue weighted by Gasteiger charge is 2.09. The van der Waals surface area contributed by atoms with Gasteiger partial charge < -0.3 is 5.73 Å². The Balaban J connectivity index is 2.54. The number of rotatable bonds is 3. The van der Waals surface area contributed by atoms with Crippen molar-refractivity contribution in [1.82, 2.24) is 9.78 Å². The van der Waals surface area contributed by atoms with E-state index in [4.69, 9.17) is 17.3 Å². The summed E-state index contributed by atoms with van der Waals surface area (Å²) in [6.07, 6.45) is 2.23. The Labute approximate surface area is 102 Å². The Hall–Kier alpha value is -2.14. The minimum absolute atomic E-state index is 0.127. The van der Waals surface area contributed by atoms with Gasteiger partial charge in [-0.25, -0.2) is 4.68 Å². The van der Waals surface area contributed by atoms with Gasteiger partial charge in [0.15, 0.2) is 6.29 Å². The summed E-state index contributed by atoms with van der Waals surface area (Å²) in [5.74, 6) is -0.626. The summed E-state index contributed by atoms with van der Waals surface area (Å²) < 4.78 is 1.38. The summed E-state index contributed by atoms with van der Waals surface area (Å²) in [6.45, 7) is 0. The molecule has 0 saturated carbocycles. The SMILES string of the molecule is NC(=O)c1ccn(-c2cc(Cl)ccc2C=O)n1. The minimum atomic E-state index is -0.626. The molecule has 1 aromatic heterocycles. The van der Waals surface area contributed by atoms with Gasteiger partial charge >= 0.3 is 0 Å². The van der Waals surface area contributed by atoms with Gasteiger partial charge in [-0.05, 0) is 24.3 Å². The van der Waals surface area contributed by atoms with Gasteiger partial charge in [-0.2, -0.15) is 5.10 Å². The first-order valence-corrected chi connectivity index (χ1v) is 5.10. The van der Waals surface area contributed by atoms with Crippen LogP contribution in [0.25, 0.3) is 5.69 Å². The lowest BCUT2D eigenvalue weighted by molar-refractivity contribution is 0.0995. The number of carbonyl (C=O) groups is 2. The van der Waals surface area contributed by atoms with Crippen LogP contribution in [0.3, 0.4) is 0 Å². The van der Waals surface area contributed by atoms with Crippen molar-refractivity contribution in [3.05, 3.63) is 46.7 Å². The summed E-state index contributed by atoms with van der Waals surface area (Å²) in [5, 5.41) is 4.43. The highest BCUT2D eigenvalue weighted by molar-refractivity contribution is 6.30. The molecule has 0 radical (unpaired) electrons. The maximum absolute atomic E-state index is 10.9. The van der Waals surface area contributed by atoms with E-state index in [1.165, 1.54) is 10.7 Å². The van der Waals surface area contributed by atoms with Gasteiger partial charge in [0.05, 0.1) is 5.69 Å². The largest absolute Gasteiger partial charge is 0.364 e. The molecule has 0 aliphatic carbocycles. The number of aromatic nitrogens is 2. The van der Waals surface area contributed by atoms with Gasteiger partial charge in [-0.3, -0.25) is 9.59 Å². The lowest BCUT2D eigenvalue weighted by Crippen LogP contribution is -2.12. The van der Waals surface area contributed by atoms with Crippen LogP contribution in [0, 0.1) is 0 Å². The summed E-state index contributed by atoms with van der Waals surface area (Å²) in [6, 6.07) is 6.24. The molecule has 2 rings (SSSR count). The van der Waals surface area contributed by atoms with Crippen LogP contribution >= 0.6 is 11.6 Å². The minimum Gasteiger partial charge on any atom is -0.364 e. The second kappa shape index (κ2) is 4.39. The number of primary amides is 1. The highest BCUT2D eigenvalue weighted by atomic mass is 35.5. The first kappa shape index (κ1) is 11.3. The van der Waals surface area contributed by atoms with Crippen LogP contribution in [0.1, 0.15) is 20.8 Å². The standard InChI is InChI=1S/C11H8ClN3O2/c12-8-2-1-7(6-16)10(5-8)15-4-3-9(14-15)11(13)17/h1-6H,(H2,13,17). The van der Waals surface area contributed by atoms with Crippen molar-refractivity contribution in [1.29, 1.82) is 0 Å². The molecule has 2 N–H and O–H groups in total. The number of halogens is 1. The predicted molar refractivity (Wildman–Crippen MR) is 62.5 cm³/mol. The van der Waals surface area contributed by atoms with E-state index in [1.54, 1.807) is 24.4 Å². The van der Waals surface area contributed by atoms with Gasteiger partial charge in [0, 0.05) is 16.8 Å². The summed E-state index contributed by atoms with van der Waals surface area (Å²) >= 11 is 5.84. The molecule has 17 heavy (non-hydrogen) atoms. The van der Waals surface area contributed by atoms with E-state index < -0.39 is 5.91 Å². The zero-order chi connectivity index (χ0) is 12.4. The summed E-state index contributed by atoms with van der Waals surface area (Å²) in [4.78, 5) is 21.8. The fourth-order valence-electron chi connectivity index (χ4n) is 1.40. The van der Waals surface area contributed by atoms with E-state index in [0.29, 0.717) is 22.6 Å². The van der Waals surface area contributed by atoms with Gasteiger partial charge in [0.2, 0.25) is 0 Å². The molecule has 0 saturated heterocycles. The van der Waals surface area contributed by atoms with E-state index in [-0.39, 0.29) is 5.69 Å². The van der Waals surface area contributed by atoms with Crippen molar-refractivity contribution >= 4 is 23.8 Å². The van der Waals surface area contributed by atoms with E-state index >= 15 is 0 Å². The fourth-order valence-corrected chi connectivity index (χ4v) is 1.57. The molecule has 0 aliphatic rings. The van der Waals surface area contributed by atoms with Crippen molar-refractivity contribution in [2.24, 2.45) is 5.73 Å². The van der Waals surface area contributed by atoms with Crippen molar-refractivity contribution in [2.75, 3.05) is 0 Å². The molecule has 5 nitrogen and oxygen atoms in total. The Bertz CT molecular complexity index is 592. The third-order valence-corrected chi connectivity index (χ3v) is 2.44. The van der Waals surface area contributed by atoms with E-state index in [0.717, 1.165) is 0 Å². The average molecular weight is 250 g/mol. The molecule has 1 aromatic carbocycles. The van der Waals surface area contributed by atoms with Crippen molar-refractivity contribution in [3.63, 3.8) is 0 Å². The third kappa shape index (κ3) is 2.19. The van der Waals surface area contributed by atoms with Gasteiger partial charge in [-0.1, -0.05) is 11.6 Å². The summed E-state index contributed by atoms with van der Waals surface area (Å²) in [5.41, 5.74) is 6.15. The van der Waals surface area contributed by atoms with Crippen LogP contribution in [0.15, 0.2) is 30.5 Å². The number of amides is 1. The van der Waals surface area contributed by atoms with E-state index in [2.05, 4.69) is 5.10 Å². The maximum atomic E-state index is 10.9. The topological polar surface area (TPSA) is 78.0 Å². The number of benzene rings is 1. The van der Waals surface area contributed by atoms with Crippen LogP contribution in [0.2, 0.25) is 5.02 Å². The van der Waals surface area contributed by atoms with Crippen LogP contribution in [-0.2, 0) is 0 Å². The van der Waals surface area contributed by atoms with Gasteiger partial charge in [0.1, 0.15) is 5.69 Å². The average Bonchev–Trinajstić information content (AvgIpc) is 2.78. The van der Waals surface area contributed by atoms with Crippen molar-refractivity contribution in [3.8, 4) is 5.69 Å². The first-order valence-electron chi connectivity index (χ1n) is 4.72. The van der Waals surface area contributed by atoms with Gasteiger partial charge in [0.25, 0.3) is 5.91 Å². The zero-order valence-corrected chi connectivity index (χ0v) is 9.39. The quantitative estimate of drug-likeness (QED) is 0.836. The number of nitrogens with two attached hydrogens (primary N) is 1. The first-order chi connectivity index (χ1) is 8.11. The lowest BCUT2D eigenvalue weighted by Gasteiger charge is -2.04. The molecule has 1 heterocycles. The zero-order valence-electron chi connectivity index (χ0n) is 8.63. The molecule has 1 amide bonds. The molecule has 86 valence electrons. The van der Waals surface area contributed by atoms with Crippen molar-refractivity contribution in [2.45, 2.75) is 0 Å². The summed E-state index contributed by atoms with van der Waals surface area (Å²) in [7, 11) is 0. The molecule has 0 bridgehead atoms. The molecular formula is C11H8ClN3O2. The second-order valence-corrected chi connectivity index (χ2v) is 3.77. The van der Waals surface area contributed by atoms with Crippen LogP contribution < -0.4 is 5.73 Å². The van der Waals surface area contributed by atoms with Gasteiger partial charge in [-0.15, -0.1) is 0 Å².